The molecular formula is C10H17ClFN2O14P3. The maximum absolute atomic E-state index is 13.7. The number of hydrogen-bond acceptors (Lipinski definition) is 10. The summed E-state index contributed by atoms with van der Waals surface area (Å²) in [6.45, 7) is -0.657. The monoisotopic (exact) mass is 536 g/mol. The van der Waals surface area contributed by atoms with Crippen molar-refractivity contribution in [1.29, 1.82) is 0 Å². The predicted molar refractivity (Wildman–Crippen MR) is 93.9 cm³/mol. The Balaban J connectivity index is 2.07. The number of aliphatic hydroxyl groups is 1. The molecule has 16 nitrogen and oxygen atoms in total. The zero-order valence-corrected chi connectivity index (χ0v) is 18.6. The molecule has 0 spiro atoms. The van der Waals surface area contributed by atoms with Gasteiger partial charge in [0.25, 0.3) is 5.91 Å². The van der Waals surface area contributed by atoms with Crippen molar-refractivity contribution in [2.45, 2.75) is 36.4 Å². The Bertz CT molecular complexity index is 882. The van der Waals surface area contributed by atoms with E-state index in [0.717, 1.165) is 0 Å². The summed E-state index contributed by atoms with van der Waals surface area (Å²) in [5.74, 6) is -1.19. The quantitative estimate of drug-likeness (QED) is 0.166. The fourth-order valence-corrected chi connectivity index (χ4v) is 6.00. The molecule has 2 aliphatic rings. The van der Waals surface area contributed by atoms with Gasteiger partial charge in [-0.1, -0.05) is 0 Å². The van der Waals surface area contributed by atoms with E-state index in [2.05, 4.69) is 13.1 Å². The number of phosphoric ester groups is 1. The molecule has 0 aromatic carbocycles. The van der Waals surface area contributed by atoms with Crippen molar-refractivity contribution < 1.29 is 70.2 Å². The lowest BCUT2D eigenvalue weighted by atomic mass is 10.00. The number of nitrogens with zero attached hydrogens (tertiary/aromatic N) is 1. The van der Waals surface area contributed by atoms with Crippen molar-refractivity contribution in [1.82, 2.24) is 10.2 Å². The standard InChI is InChI=1S/C10H17ClFN2O14P3/c1-10(11)6(15)5(26-8(10)14-2-4(12)7(16)13-9(14)17)3-25-30(21,22)28-31(23,24)27-29(18,19)20/h4-6,8,15H,2-3H2,1H3,(H,21,22)(H,23,24)(H,13,16,17)(H2,18,19,20)/t4?,5-,6-,8-,10-/m1/s1. The molecule has 0 radical (unpaired) electrons. The van der Waals surface area contributed by atoms with Gasteiger partial charge in [-0.25, -0.2) is 22.9 Å². The van der Waals surface area contributed by atoms with Crippen LogP contribution in [0.5, 0.6) is 0 Å². The minimum absolute atomic E-state index is 0.660. The summed E-state index contributed by atoms with van der Waals surface area (Å²) in [4.78, 5) is 57.5. The predicted octanol–water partition coefficient (Wildman–Crippen LogP) is -0.697. The molecule has 0 aromatic rings. The van der Waals surface area contributed by atoms with Crippen molar-refractivity contribution in [2.24, 2.45) is 0 Å². The number of imide groups is 1. The first-order valence-corrected chi connectivity index (χ1v) is 12.8. The van der Waals surface area contributed by atoms with Gasteiger partial charge < -0.3 is 29.4 Å². The molecule has 0 saturated carbocycles. The smallest absolute Gasteiger partial charge is 0.388 e. The van der Waals surface area contributed by atoms with Crippen molar-refractivity contribution in [3.05, 3.63) is 0 Å². The molecule has 6 N–H and O–H groups in total. The number of nitrogens with one attached hydrogen (secondary N) is 1. The third-order valence-electron chi connectivity index (χ3n) is 3.95. The summed E-state index contributed by atoms with van der Waals surface area (Å²) in [6, 6.07) is -1.09. The second kappa shape index (κ2) is 9.03. The molecule has 2 aliphatic heterocycles. The third-order valence-corrected chi connectivity index (χ3v) is 8.16. The zero-order chi connectivity index (χ0) is 24.0. The molecule has 2 saturated heterocycles. The first kappa shape index (κ1) is 26.7. The van der Waals surface area contributed by atoms with E-state index < -0.39 is 78.0 Å². The number of phosphoric acid groups is 3. The van der Waals surface area contributed by atoms with Gasteiger partial charge in [-0.2, -0.15) is 8.62 Å². The van der Waals surface area contributed by atoms with Gasteiger partial charge in [0, 0.05) is 0 Å². The summed E-state index contributed by atoms with van der Waals surface area (Å²) in [7, 11) is -16.9. The molecule has 31 heavy (non-hydrogen) atoms. The van der Waals surface area contributed by atoms with Crippen molar-refractivity contribution in [3.8, 4) is 0 Å². The number of carbonyl (C=O) groups excluding carboxylic acids is 2. The first-order chi connectivity index (χ1) is 13.8. The summed E-state index contributed by atoms with van der Waals surface area (Å²) >= 11 is 6.18. The highest BCUT2D eigenvalue weighted by Gasteiger charge is 2.57. The van der Waals surface area contributed by atoms with E-state index in [1.165, 1.54) is 6.92 Å². The maximum Gasteiger partial charge on any atom is 0.490 e. The number of ether oxygens (including phenoxy) is 1. The Morgan fingerprint density at radius 3 is 2.35 bits per heavy atom. The number of amides is 3. The fraction of sp³-hybridized carbons (Fsp3) is 0.800. The highest BCUT2D eigenvalue weighted by molar-refractivity contribution is 7.66. The Labute approximate surface area is 177 Å². The van der Waals surface area contributed by atoms with Crippen molar-refractivity contribution in [3.63, 3.8) is 0 Å². The number of halogens is 2. The van der Waals surface area contributed by atoms with Crippen LogP contribution < -0.4 is 5.32 Å². The molecule has 2 rings (SSSR count). The van der Waals surface area contributed by atoms with Gasteiger partial charge in [-0.3, -0.25) is 19.5 Å². The number of urea groups is 1. The van der Waals surface area contributed by atoms with Gasteiger partial charge in [-0.15, -0.1) is 11.6 Å². The zero-order valence-electron chi connectivity index (χ0n) is 15.2. The second-order valence-electron chi connectivity index (χ2n) is 6.42. The Kier molecular flexibility index (Phi) is 7.79. The molecule has 2 heterocycles. The van der Waals surface area contributed by atoms with Crippen LogP contribution in [0.2, 0.25) is 0 Å². The lowest BCUT2D eigenvalue weighted by Gasteiger charge is -2.37. The van der Waals surface area contributed by atoms with E-state index in [0.29, 0.717) is 4.90 Å². The summed E-state index contributed by atoms with van der Waals surface area (Å²) in [6.07, 6.45) is -6.99. The lowest BCUT2D eigenvalue weighted by molar-refractivity contribution is -0.131. The largest absolute Gasteiger partial charge is 0.490 e. The van der Waals surface area contributed by atoms with Crippen LogP contribution in [0.4, 0.5) is 9.18 Å². The van der Waals surface area contributed by atoms with Crippen LogP contribution in [-0.2, 0) is 36.4 Å². The van der Waals surface area contributed by atoms with Gasteiger partial charge >= 0.3 is 29.5 Å². The molecular weight excluding hydrogens is 519 g/mol. The Morgan fingerprint density at radius 2 is 1.81 bits per heavy atom. The highest BCUT2D eigenvalue weighted by Crippen LogP contribution is 2.66. The average molecular weight is 537 g/mol. The maximum atomic E-state index is 13.7. The van der Waals surface area contributed by atoms with E-state index in [1.54, 1.807) is 5.32 Å². The van der Waals surface area contributed by atoms with Crippen LogP contribution in [0.25, 0.3) is 0 Å². The molecule has 180 valence electrons. The normalized spacial score (nSPS) is 36.1. The van der Waals surface area contributed by atoms with Crippen LogP contribution in [0.1, 0.15) is 6.92 Å². The van der Waals surface area contributed by atoms with Gasteiger partial charge in [0.05, 0.1) is 13.2 Å². The van der Waals surface area contributed by atoms with Crippen LogP contribution in [0, 0.1) is 0 Å². The topological polar surface area (TPSA) is 239 Å². The molecule has 0 aliphatic carbocycles. The number of hydrogen-bond donors (Lipinski definition) is 6. The highest BCUT2D eigenvalue weighted by atomic mass is 35.5. The first-order valence-electron chi connectivity index (χ1n) is 7.91. The number of alkyl halides is 2. The van der Waals surface area contributed by atoms with Crippen molar-refractivity contribution >= 4 is 47.0 Å². The van der Waals surface area contributed by atoms with Crippen LogP contribution in [0.15, 0.2) is 0 Å². The lowest BCUT2D eigenvalue weighted by Crippen LogP contribution is -2.62. The molecule has 2 fully saturated rings. The van der Waals surface area contributed by atoms with Crippen LogP contribution in [-0.4, -0.2) is 84.2 Å². The molecule has 21 heteroatoms. The van der Waals surface area contributed by atoms with Gasteiger partial charge in [0.2, 0.25) is 0 Å². The molecule has 3 amide bonds. The SMILES string of the molecule is C[C@@]1(Cl)[C@H](O)[C@@H](COP(=O)(O)OP(=O)(O)OP(=O)(O)O)O[C@H]1N1CC(F)C(=O)NC1=O. The van der Waals surface area contributed by atoms with E-state index in [4.69, 9.17) is 31.0 Å². The Morgan fingerprint density at radius 1 is 1.23 bits per heavy atom. The minimum atomic E-state index is -5.76. The Hall–Kier alpha value is -0.510. The third kappa shape index (κ3) is 6.74. The molecule has 7 atom stereocenters. The van der Waals surface area contributed by atoms with Gasteiger partial charge in [0.1, 0.15) is 17.1 Å². The van der Waals surface area contributed by atoms with Gasteiger partial charge in [-0.05, 0) is 6.92 Å². The van der Waals surface area contributed by atoms with Crippen LogP contribution in [0.3, 0.4) is 0 Å². The van der Waals surface area contributed by atoms with Gasteiger partial charge in [0.15, 0.2) is 12.4 Å². The molecule has 3 unspecified atom stereocenters. The number of carbonyl (C=O) groups is 2. The average Bonchev–Trinajstić information content (AvgIpc) is 2.76. The molecule has 0 bridgehead atoms. The second-order valence-corrected chi connectivity index (χ2v) is 11.7. The fourth-order valence-electron chi connectivity index (χ4n) is 2.66. The summed E-state index contributed by atoms with van der Waals surface area (Å²) in [5.41, 5.74) is 0. The molecule has 0 aromatic heterocycles. The minimum Gasteiger partial charge on any atom is -0.388 e. The number of aliphatic hydroxyl groups excluding tert-OH is 1. The number of rotatable bonds is 8. The van der Waals surface area contributed by atoms with Crippen LogP contribution >= 0.6 is 35.1 Å². The summed E-state index contributed by atoms with van der Waals surface area (Å²) in [5, 5.41) is 12.0. The van der Waals surface area contributed by atoms with Crippen molar-refractivity contribution in [2.75, 3.05) is 13.2 Å². The van der Waals surface area contributed by atoms with E-state index >= 15 is 0 Å². The van der Waals surface area contributed by atoms with E-state index in [1.807, 2.05) is 0 Å². The van der Waals surface area contributed by atoms with E-state index in [9.17, 15) is 37.7 Å². The summed E-state index contributed by atoms with van der Waals surface area (Å²) < 4.78 is 64.1. The van der Waals surface area contributed by atoms with E-state index in [-0.39, 0.29) is 0 Å².